The second-order valence-electron chi connectivity index (χ2n) is 2.60. The van der Waals surface area contributed by atoms with E-state index in [0.717, 1.165) is 5.69 Å². The molecule has 0 bridgehead atoms. The summed E-state index contributed by atoms with van der Waals surface area (Å²) in [6.07, 6.45) is 4.52. The first-order chi connectivity index (χ1) is 8.19. The Bertz CT molecular complexity index is 249. The molecule has 2 heteroatoms. The molecule has 0 aliphatic carbocycles. The summed E-state index contributed by atoms with van der Waals surface area (Å²) < 4.78 is 5.15. The van der Waals surface area contributed by atoms with Gasteiger partial charge in [-0.1, -0.05) is 61.1 Å². The lowest BCUT2D eigenvalue weighted by Crippen LogP contribution is -1.72. The van der Waals surface area contributed by atoms with Crippen molar-refractivity contribution in [3.63, 3.8) is 0 Å². The van der Waals surface area contributed by atoms with Gasteiger partial charge >= 0.3 is 0 Å². The van der Waals surface area contributed by atoms with Crippen molar-refractivity contribution < 1.29 is 4.42 Å². The Morgan fingerprint density at radius 3 is 1.71 bits per heavy atom. The Morgan fingerprint density at radius 2 is 1.47 bits per heavy atom. The van der Waals surface area contributed by atoms with E-state index in [-0.39, 0.29) is 0 Å². The molecule has 0 saturated heterocycles. The maximum absolute atomic E-state index is 5.15. The van der Waals surface area contributed by atoms with Crippen molar-refractivity contribution in [1.82, 2.24) is 4.98 Å². The van der Waals surface area contributed by atoms with Gasteiger partial charge in [-0.05, 0) is 12.2 Å². The van der Waals surface area contributed by atoms with Crippen LogP contribution in [0.15, 0.2) is 17.6 Å². The number of hydrogen-bond acceptors (Lipinski definition) is 2. The molecule has 1 aromatic rings. The van der Waals surface area contributed by atoms with E-state index in [1.54, 1.807) is 19.1 Å². The maximum Gasteiger partial charge on any atom is 0.192 e. The van der Waals surface area contributed by atoms with Crippen LogP contribution in [0.25, 0.3) is 12.2 Å². The number of aryl methyl sites for hydroxylation is 1. The first-order valence-corrected chi connectivity index (χ1v) is 6.41. The van der Waals surface area contributed by atoms with E-state index in [4.69, 9.17) is 4.42 Å². The molecule has 0 aliphatic heterocycles. The summed E-state index contributed by atoms with van der Waals surface area (Å²) in [6.45, 7) is 21.2. The van der Waals surface area contributed by atoms with Gasteiger partial charge in [-0.3, -0.25) is 0 Å². The van der Waals surface area contributed by atoms with Crippen LogP contribution in [0.2, 0.25) is 0 Å². The Balaban J connectivity index is -0.000000239. The van der Waals surface area contributed by atoms with Crippen LogP contribution in [0, 0.1) is 6.92 Å². The van der Waals surface area contributed by atoms with E-state index >= 15 is 0 Å². The summed E-state index contributed by atoms with van der Waals surface area (Å²) in [7, 11) is 0. The molecule has 1 aromatic heterocycles. The van der Waals surface area contributed by atoms with Crippen LogP contribution in [0.3, 0.4) is 0 Å². The highest BCUT2D eigenvalue weighted by molar-refractivity contribution is 5.55. The zero-order valence-corrected chi connectivity index (χ0v) is 12.6. The molecule has 17 heavy (non-hydrogen) atoms. The fraction of sp³-hybridized carbons (Fsp3) is 0.533. The first kappa shape index (κ1) is 21.0. The van der Waals surface area contributed by atoms with Crippen molar-refractivity contribution >= 4 is 12.2 Å². The van der Waals surface area contributed by atoms with E-state index in [9.17, 15) is 0 Å². The van der Waals surface area contributed by atoms with Crippen LogP contribution in [0.1, 0.15) is 65.3 Å². The summed E-state index contributed by atoms with van der Waals surface area (Å²) >= 11 is 0. The van der Waals surface area contributed by atoms with E-state index in [2.05, 4.69) is 32.0 Å². The standard InChI is InChI=1S/C8H9NO.C3H8.2C2H6/c1-4-7-8(5-2)10-6(3)9-7;1-3-2;2*1-2/h4-5H,1-2H2,3H3;3H2,1-2H3;2*1-2H3. The number of aromatic nitrogens is 1. The van der Waals surface area contributed by atoms with Gasteiger partial charge in [-0.15, -0.1) is 0 Å². The summed E-state index contributed by atoms with van der Waals surface area (Å²) in [5.41, 5.74) is 0.757. The largest absolute Gasteiger partial charge is 0.441 e. The molecule has 100 valence electrons. The Hall–Kier alpha value is -1.31. The number of nitrogens with zero attached hydrogens (tertiary/aromatic N) is 1. The van der Waals surface area contributed by atoms with Gasteiger partial charge in [0, 0.05) is 6.92 Å². The predicted octanol–water partition coefficient (Wildman–Crippen LogP) is 5.74. The molecule has 1 rings (SSSR count). The molecule has 0 radical (unpaired) electrons. The highest BCUT2D eigenvalue weighted by atomic mass is 16.4. The minimum atomic E-state index is 0.643. The average Bonchev–Trinajstić information content (AvgIpc) is 2.75. The van der Waals surface area contributed by atoms with Gasteiger partial charge in [0.15, 0.2) is 11.7 Å². The van der Waals surface area contributed by atoms with Crippen molar-refractivity contribution in [1.29, 1.82) is 0 Å². The van der Waals surface area contributed by atoms with Crippen LogP contribution in [0.5, 0.6) is 0 Å². The third kappa shape index (κ3) is 11.0. The smallest absolute Gasteiger partial charge is 0.192 e. The zero-order valence-electron chi connectivity index (χ0n) is 12.6. The third-order valence-corrected chi connectivity index (χ3v) is 1.17. The number of rotatable bonds is 2. The molecule has 0 atom stereocenters. The van der Waals surface area contributed by atoms with Crippen molar-refractivity contribution in [2.75, 3.05) is 0 Å². The monoisotopic (exact) mass is 239 g/mol. The number of hydrogen-bond donors (Lipinski definition) is 0. The maximum atomic E-state index is 5.15. The average molecular weight is 239 g/mol. The van der Waals surface area contributed by atoms with Gasteiger partial charge in [-0.25, -0.2) is 4.98 Å². The quantitative estimate of drug-likeness (QED) is 0.658. The normalized spacial score (nSPS) is 7.24. The van der Waals surface area contributed by atoms with Crippen LogP contribution in [0.4, 0.5) is 0 Å². The molecular formula is C15H29NO. The van der Waals surface area contributed by atoms with Gasteiger partial charge < -0.3 is 4.42 Å². The Morgan fingerprint density at radius 1 is 1.06 bits per heavy atom. The van der Waals surface area contributed by atoms with Crippen LogP contribution >= 0.6 is 0 Å². The van der Waals surface area contributed by atoms with Gasteiger partial charge in [0.05, 0.1) is 0 Å². The molecule has 1 heterocycles. The second kappa shape index (κ2) is 17.1. The van der Waals surface area contributed by atoms with Crippen LogP contribution < -0.4 is 0 Å². The SMILES string of the molecule is C=Cc1nc(C)oc1C=C.CC.CC.CCC. The van der Waals surface area contributed by atoms with Crippen molar-refractivity contribution in [3.05, 3.63) is 30.5 Å². The third-order valence-electron chi connectivity index (χ3n) is 1.17. The summed E-state index contributed by atoms with van der Waals surface area (Å²) in [5.74, 6) is 1.33. The predicted molar refractivity (Wildman–Crippen MR) is 80.1 cm³/mol. The molecular weight excluding hydrogens is 210 g/mol. The van der Waals surface area contributed by atoms with Crippen molar-refractivity contribution in [2.45, 2.75) is 54.9 Å². The highest BCUT2D eigenvalue weighted by Crippen LogP contribution is 2.11. The number of oxazole rings is 1. The summed E-state index contributed by atoms with van der Waals surface area (Å²) in [6, 6.07) is 0. The van der Waals surface area contributed by atoms with E-state index in [1.807, 2.05) is 27.7 Å². The molecule has 0 aromatic carbocycles. The molecule has 0 unspecified atom stereocenters. The summed E-state index contributed by atoms with van der Waals surface area (Å²) in [4.78, 5) is 4.04. The lowest BCUT2D eigenvalue weighted by atomic mass is 10.3. The topological polar surface area (TPSA) is 26.0 Å². The highest BCUT2D eigenvalue weighted by Gasteiger charge is 2.01. The lowest BCUT2D eigenvalue weighted by Gasteiger charge is -1.81. The van der Waals surface area contributed by atoms with Gasteiger partial charge in [0.2, 0.25) is 0 Å². The van der Waals surface area contributed by atoms with E-state index in [0.29, 0.717) is 11.7 Å². The zero-order chi connectivity index (χ0) is 14.3. The minimum absolute atomic E-state index is 0.643. The van der Waals surface area contributed by atoms with E-state index in [1.165, 1.54) is 6.42 Å². The van der Waals surface area contributed by atoms with Gasteiger partial charge in [0.25, 0.3) is 0 Å². The molecule has 0 spiro atoms. The molecule has 0 saturated carbocycles. The molecule has 2 nitrogen and oxygen atoms in total. The van der Waals surface area contributed by atoms with Gasteiger partial charge in [0.1, 0.15) is 5.69 Å². The molecule has 0 amide bonds. The Labute approximate surface area is 107 Å². The van der Waals surface area contributed by atoms with E-state index < -0.39 is 0 Å². The van der Waals surface area contributed by atoms with Crippen molar-refractivity contribution in [3.8, 4) is 0 Å². The second-order valence-corrected chi connectivity index (χ2v) is 2.60. The fourth-order valence-electron chi connectivity index (χ4n) is 0.751. The summed E-state index contributed by atoms with van der Waals surface area (Å²) in [5, 5.41) is 0. The van der Waals surface area contributed by atoms with Crippen molar-refractivity contribution in [2.24, 2.45) is 0 Å². The van der Waals surface area contributed by atoms with Gasteiger partial charge in [-0.2, -0.15) is 0 Å². The van der Waals surface area contributed by atoms with Crippen LogP contribution in [-0.2, 0) is 0 Å². The Kier molecular flexibility index (Phi) is 21.1. The van der Waals surface area contributed by atoms with Crippen LogP contribution in [-0.4, -0.2) is 4.98 Å². The molecule has 0 aliphatic rings. The molecule has 0 N–H and O–H groups in total. The lowest BCUT2D eigenvalue weighted by molar-refractivity contribution is 0.513. The fourth-order valence-corrected chi connectivity index (χ4v) is 0.751. The first-order valence-electron chi connectivity index (χ1n) is 6.41. The molecule has 0 fully saturated rings. The minimum Gasteiger partial charge on any atom is -0.441 e.